The molecule has 6 nitrogen and oxygen atoms in total. The smallest absolute Gasteiger partial charge is 0.104 e. The van der Waals surface area contributed by atoms with Gasteiger partial charge in [-0.15, -0.1) is 0 Å². The molecule has 36 heavy (non-hydrogen) atoms. The largest absolute Gasteiger partial charge is 0.382 e. The van der Waals surface area contributed by atoms with Crippen molar-refractivity contribution in [2.24, 2.45) is 0 Å². The van der Waals surface area contributed by atoms with Gasteiger partial charge in [-0.3, -0.25) is 0 Å². The highest BCUT2D eigenvalue weighted by atomic mass is 16.6. The van der Waals surface area contributed by atoms with Gasteiger partial charge in [-0.05, 0) is 0 Å². The molecule has 0 amide bonds. The van der Waals surface area contributed by atoms with Crippen LogP contribution in [0.5, 0.6) is 0 Å². The molecule has 6 heteroatoms. The second kappa shape index (κ2) is 76.5. The standard InChI is InChI=1S/3C4H8O2.2C3H8.6C2H6/c3*1-5-2-4-3-6-4;2*1-3-2;6*1-2/h3*4H,2-3H2,1H3;2*3H2,1-2H3;6*1-2H3. The molecule has 0 N–H and O–H groups in total. The molecule has 3 heterocycles. The van der Waals surface area contributed by atoms with Crippen LogP contribution in [0, 0.1) is 0 Å². The lowest BCUT2D eigenvalue weighted by molar-refractivity contribution is 0.171. The minimum atomic E-state index is 0.426. The van der Waals surface area contributed by atoms with Gasteiger partial charge >= 0.3 is 0 Å². The van der Waals surface area contributed by atoms with E-state index in [0.29, 0.717) is 18.3 Å². The van der Waals surface area contributed by atoms with Crippen LogP contribution in [-0.4, -0.2) is 79.3 Å². The third-order valence-corrected chi connectivity index (χ3v) is 2.26. The van der Waals surface area contributed by atoms with Gasteiger partial charge in [-0.2, -0.15) is 0 Å². The molecule has 0 saturated carbocycles. The van der Waals surface area contributed by atoms with E-state index in [2.05, 4.69) is 27.7 Å². The third-order valence-electron chi connectivity index (χ3n) is 2.26. The number of ether oxygens (including phenoxy) is 6. The molecule has 0 spiro atoms. The Morgan fingerprint density at radius 2 is 0.528 bits per heavy atom. The van der Waals surface area contributed by atoms with Crippen LogP contribution in [0.25, 0.3) is 0 Å². The summed E-state index contributed by atoms with van der Waals surface area (Å²) in [4.78, 5) is 0. The molecule has 0 radical (unpaired) electrons. The molecular formula is C30H76O6. The molecule has 3 aliphatic heterocycles. The van der Waals surface area contributed by atoms with Crippen molar-refractivity contribution in [3.05, 3.63) is 0 Å². The third kappa shape index (κ3) is 115. The fraction of sp³-hybridized carbons (Fsp3) is 1.00. The molecule has 3 unspecified atom stereocenters. The Balaban J connectivity index is -0.0000000419. The monoisotopic (exact) mass is 533 g/mol. The first-order valence-electron chi connectivity index (χ1n) is 14.9. The van der Waals surface area contributed by atoms with Crippen molar-refractivity contribution in [3.8, 4) is 0 Å². The number of epoxide rings is 3. The molecule has 0 aromatic rings. The SMILES string of the molecule is CC.CC.CC.CC.CC.CC.CCC.CCC.COCC1CO1.COCC1CO1.COCC1CO1. The zero-order chi connectivity index (χ0) is 30.6. The maximum atomic E-state index is 4.82. The average Bonchev–Trinajstić information content (AvgIpc) is 3.77. The van der Waals surface area contributed by atoms with Crippen LogP contribution >= 0.6 is 0 Å². The zero-order valence-electron chi connectivity index (χ0n) is 28.8. The van der Waals surface area contributed by atoms with Crippen LogP contribution < -0.4 is 0 Å². The van der Waals surface area contributed by atoms with Crippen molar-refractivity contribution in [3.63, 3.8) is 0 Å². The Bertz CT molecular complexity index is 184. The summed E-state index contributed by atoms with van der Waals surface area (Å²) in [6, 6.07) is 0. The van der Waals surface area contributed by atoms with Gasteiger partial charge in [0.1, 0.15) is 18.3 Å². The maximum absolute atomic E-state index is 4.82. The second-order valence-electron chi connectivity index (χ2n) is 5.65. The number of rotatable bonds is 6. The molecular weight excluding hydrogens is 456 g/mol. The summed E-state index contributed by atoms with van der Waals surface area (Å²) < 4.78 is 28.7. The topological polar surface area (TPSA) is 65.3 Å². The van der Waals surface area contributed by atoms with E-state index in [1.165, 1.54) is 12.8 Å². The van der Waals surface area contributed by atoms with Crippen LogP contribution in [0.1, 0.15) is 124 Å². The molecule has 0 aromatic carbocycles. The lowest BCUT2D eigenvalue weighted by Crippen LogP contribution is -1.94. The Morgan fingerprint density at radius 1 is 0.417 bits per heavy atom. The van der Waals surface area contributed by atoms with Crippen molar-refractivity contribution < 1.29 is 28.4 Å². The molecule has 232 valence electrons. The predicted molar refractivity (Wildman–Crippen MR) is 165 cm³/mol. The molecule has 0 bridgehead atoms. The lowest BCUT2D eigenvalue weighted by atomic mass is 10.5. The van der Waals surface area contributed by atoms with E-state index >= 15 is 0 Å². The minimum Gasteiger partial charge on any atom is -0.382 e. The van der Waals surface area contributed by atoms with Crippen LogP contribution in [-0.2, 0) is 28.4 Å². The van der Waals surface area contributed by atoms with Gasteiger partial charge in [0, 0.05) is 21.3 Å². The van der Waals surface area contributed by atoms with Crippen LogP contribution in [0.4, 0.5) is 0 Å². The summed E-state index contributed by atoms with van der Waals surface area (Å²) in [5.41, 5.74) is 0. The number of hydrogen-bond donors (Lipinski definition) is 0. The zero-order valence-corrected chi connectivity index (χ0v) is 28.8. The quantitative estimate of drug-likeness (QED) is 0.318. The normalized spacial score (nSPS) is 17.2. The number of methoxy groups -OCH3 is 3. The fourth-order valence-corrected chi connectivity index (χ4v) is 1.05. The van der Waals surface area contributed by atoms with Crippen molar-refractivity contribution in [1.82, 2.24) is 0 Å². The maximum Gasteiger partial charge on any atom is 0.104 e. The Hall–Kier alpha value is -0.240. The molecule has 3 fully saturated rings. The van der Waals surface area contributed by atoms with Gasteiger partial charge in [-0.1, -0.05) is 124 Å². The predicted octanol–water partition coefficient (Wildman–Crippen LogP) is 9.08. The van der Waals surface area contributed by atoms with Gasteiger partial charge in [-0.25, -0.2) is 0 Å². The molecule has 3 rings (SSSR count). The molecule has 3 saturated heterocycles. The average molecular weight is 533 g/mol. The van der Waals surface area contributed by atoms with Gasteiger partial charge in [0.15, 0.2) is 0 Å². The Morgan fingerprint density at radius 3 is 0.556 bits per heavy atom. The summed E-state index contributed by atoms with van der Waals surface area (Å²) in [6.45, 7) is 37.5. The first kappa shape index (κ1) is 56.1. The van der Waals surface area contributed by atoms with E-state index in [0.717, 1.165) is 39.6 Å². The van der Waals surface area contributed by atoms with Crippen molar-refractivity contribution in [1.29, 1.82) is 0 Å². The van der Waals surface area contributed by atoms with Crippen molar-refractivity contribution in [2.45, 2.75) is 142 Å². The second-order valence-corrected chi connectivity index (χ2v) is 5.65. The summed E-state index contributed by atoms with van der Waals surface area (Å²) in [7, 11) is 5.05. The van der Waals surface area contributed by atoms with E-state index in [9.17, 15) is 0 Å². The van der Waals surface area contributed by atoms with Crippen molar-refractivity contribution >= 4 is 0 Å². The van der Waals surface area contributed by atoms with E-state index < -0.39 is 0 Å². The van der Waals surface area contributed by atoms with Crippen LogP contribution in [0.3, 0.4) is 0 Å². The highest BCUT2D eigenvalue weighted by molar-refractivity contribution is 4.67. The van der Waals surface area contributed by atoms with Gasteiger partial charge < -0.3 is 28.4 Å². The molecule has 0 aromatic heterocycles. The van der Waals surface area contributed by atoms with E-state index in [1.807, 2.05) is 83.1 Å². The van der Waals surface area contributed by atoms with Gasteiger partial charge in [0.2, 0.25) is 0 Å². The van der Waals surface area contributed by atoms with Crippen LogP contribution in [0.15, 0.2) is 0 Å². The molecule has 3 atom stereocenters. The Labute approximate surface area is 231 Å². The van der Waals surface area contributed by atoms with Gasteiger partial charge in [0.25, 0.3) is 0 Å². The highest BCUT2D eigenvalue weighted by Crippen LogP contribution is 2.07. The summed E-state index contributed by atoms with van der Waals surface area (Å²) >= 11 is 0. The minimum absolute atomic E-state index is 0.426. The van der Waals surface area contributed by atoms with Crippen LogP contribution in [0.2, 0.25) is 0 Å². The number of hydrogen-bond acceptors (Lipinski definition) is 6. The first-order valence-corrected chi connectivity index (χ1v) is 14.9. The van der Waals surface area contributed by atoms with E-state index in [-0.39, 0.29) is 0 Å². The van der Waals surface area contributed by atoms with Gasteiger partial charge in [0.05, 0.1) is 39.6 Å². The van der Waals surface area contributed by atoms with Crippen molar-refractivity contribution in [2.75, 3.05) is 61.0 Å². The first-order chi connectivity index (χ1) is 17.6. The summed E-state index contributed by atoms with van der Waals surface area (Å²) in [6.07, 6.45) is 3.78. The van der Waals surface area contributed by atoms with E-state index in [1.54, 1.807) is 21.3 Å². The van der Waals surface area contributed by atoms with E-state index in [4.69, 9.17) is 28.4 Å². The Kier molecular flexibility index (Phi) is 119. The summed E-state index contributed by atoms with van der Waals surface area (Å²) in [5.74, 6) is 0. The molecule has 3 aliphatic rings. The fourth-order valence-electron chi connectivity index (χ4n) is 1.05. The highest BCUT2D eigenvalue weighted by Gasteiger charge is 2.22. The summed E-state index contributed by atoms with van der Waals surface area (Å²) in [5, 5.41) is 0. The lowest BCUT2D eigenvalue weighted by Gasteiger charge is -1.84. The molecule has 0 aliphatic carbocycles.